The number of aromatic hydroxyl groups is 1. The van der Waals surface area contributed by atoms with E-state index in [4.69, 9.17) is 27.7 Å². The second-order valence-electron chi connectivity index (χ2n) is 2.00. The highest BCUT2D eigenvalue weighted by Crippen LogP contribution is 2.27. The van der Waals surface area contributed by atoms with Crippen LogP contribution in [0, 0.1) is 11.3 Å². The molecule has 0 aliphatic heterocycles. The predicted octanol–water partition coefficient (Wildman–Crippen LogP) is 1.50. The molecule has 0 spiro atoms. The Hall–Kier alpha value is -1.40. The molecule has 0 aliphatic carbocycles. The molecule has 0 saturated heterocycles. The Bertz CT molecular complexity index is 330. The molecule has 0 radical (unpaired) electrons. The number of hydrogen-bond acceptors (Lipinski definition) is 3. The van der Waals surface area contributed by atoms with Gasteiger partial charge < -0.3 is 10.8 Å². The highest BCUT2D eigenvalue weighted by atomic mass is 35.5. The number of phenols is 1. The molecule has 0 bridgehead atoms. The van der Waals surface area contributed by atoms with E-state index in [1.165, 1.54) is 12.1 Å². The number of nitrogens with zero attached hydrogens (tertiary/aromatic N) is 1. The van der Waals surface area contributed by atoms with E-state index in [1.54, 1.807) is 6.07 Å². The topological polar surface area (TPSA) is 70.0 Å². The minimum atomic E-state index is -0.211. The zero-order valence-electron chi connectivity index (χ0n) is 5.50. The van der Waals surface area contributed by atoms with E-state index in [0.29, 0.717) is 5.02 Å². The van der Waals surface area contributed by atoms with Crippen LogP contribution < -0.4 is 5.73 Å². The third-order valence-corrected chi connectivity index (χ3v) is 1.44. The van der Waals surface area contributed by atoms with Gasteiger partial charge in [-0.15, -0.1) is 0 Å². The van der Waals surface area contributed by atoms with Crippen LogP contribution in [-0.4, -0.2) is 5.11 Å². The molecule has 3 N–H and O–H groups in total. The maximum absolute atomic E-state index is 9.12. The molecule has 1 aromatic carbocycles. The first-order valence-electron chi connectivity index (χ1n) is 2.83. The summed E-state index contributed by atoms with van der Waals surface area (Å²) < 4.78 is 0. The zero-order chi connectivity index (χ0) is 8.43. The van der Waals surface area contributed by atoms with Crippen LogP contribution >= 0.6 is 11.6 Å². The Morgan fingerprint density at radius 2 is 2.18 bits per heavy atom. The van der Waals surface area contributed by atoms with Crippen molar-refractivity contribution >= 4 is 17.3 Å². The molecule has 0 atom stereocenters. The third-order valence-electron chi connectivity index (χ3n) is 1.22. The van der Waals surface area contributed by atoms with E-state index in [0.717, 1.165) is 0 Å². The second-order valence-corrected chi connectivity index (χ2v) is 2.44. The molecule has 0 heterocycles. The van der Waals surface area contributed by atoms with Gasteiger partial charge in [0.15, 0.2) is 5.75 Å². The van der Waals surface area contributed by atoms with E-state index >= 15 is 0 Å². The minimum absolute atomic E-state index is 0.0926. The Kier molecular flexibility index (Phi) is 1.88. The fourth-order valence-electron chi connectivity index (χ4n) is 0.706. The number of hydrogen-bond donors (Lipinski definition) is 2. The average molecular weight is 169 g/mol. The Morgan fingerprint density at radius 1 is 1.55 bits per heavy atom. The summed E-state index contributed by atoms with van der Waals surface area (Å²) in [6.45, 7) is 0. The lowest BCUT2D eigenvalue weighted by Gasteiger charge is -1.99. The SMILES string of the molecule is N#Cc1cc(Cl)cc(N)c1O. The summed E-state index contributed by atoms with van der Waals surface area (Å²) in [5.74, 6) is -0.211. The molecular weight excluding hydrogens is 164 g/mol. The molecule has 4 heteroatoms. The predicted molar refractivity (Wildman–Crippen MR) is 42.2 cm³/mol. The smallest absolute Gasteiger partial charge is 0.156 e. The van der Waals surface area contributed by atoms with Crippen molar-refractivity contribution in [1.29, 1.82) is 5.26 Å². The molecule has 0 unspecified atom stereocenters. The molecule has 0 saturated carbocycles. The van der Waals surface area contributed by atoms with Gasteiger partial charge in [0.05, 0.1) is 11.3 Å². The van der Waals surface area contributed by atoms with E-state index in [2.05, 4.69) is 0 Å². The first-order valence-corrected chi connectivity index (χ1v) is 3.21. The molecule has 56 valence electrons. The number of halogens is 1. The van der Waals surface area contributed by atoms with Crippen LogP contribution in [0.25, 0.3) is 0 Å². The van der Waals surface area contributed by atoms with Crippen molar-refractivity contribution in [1.82, 2.24) is 0 Å². The second kappa shape index (κ2) is 2.69. The van der Waals surface area contributed by atoms with Gasteiger partial charge >= 0.3 is 0 Å². The van der Waals surface area contributed by atoms with Gasteiger partial charge in [-0.2, -0.15) is 5.26 Å². The van der Waals surface area contributed by atoms with E-state index in [1.807, 2.05) is 0 Å². The number of nitrogens with two attached hydrogens (primary N) is 1. The number of nitrogen functional groups attached to an aromatic ring is 1. The molecule has 0 fully saturated rings. The van der Waals surface area contributed by atoms with Gasteiger partial charge in [-0.05, 0) is 12.1 Å². The van der Waals surface area contributed by atoms with Crippen molar-refractivity contribution in [2.24, 2.45) is 0 Å². The van der Waals surface area contributed by atoms with Crippen molar-refractivity contribution in [3.05, 3.63) is 22.7 Å². The first kappa shape index (κ1) is 7.70. The number of benzene rings is 1. The van der Waals surface area contributed by atoms with Gasteiger partial charge in [0.25, 0.3) is 0 Å². The summed E-state index contributed by atoms with van der Waals surface area (Å²) in [5, 5.41) is 17.9. The highest BCUT2D eigenvalue weighted by Gasteiger charge is 2.04. The van der Waals surface area contributed by atoms with Crippen LogP contribution in [0.3, 0.4) is 0 Å². The summed E-state index contributed by atoms with van der Waals surface area (Å²) in [6.07, 6.45) is 0. The highest BCUT2D eigenvalue weighted by molar-refractivity contribution is 6.31. The van der Waals surface area contributed by atoms with Crippen molar-refractivity contribution in [2.45, 2.75) is 0 Å². The average Bonchev–Trinajstić information content (AvgIpc) is 1.96. The third kappa shape index (κ3) is 1.36. The Balaban J connectivity index is 3.39. The zero-order valence-corrected chi connectivity index (χ0v) is 6.26. The van der Waals surface area contributed by atoms with Gasteiger partial charge in [0.1, 0.15) is 6.07 Å². The molecule has 3 nitrogen and oxygen atoms in total. The summed E-state index contributed by atoms with van der Waals surface area (Å²) in [6, 6.07) is 4.50. The van der Waals surface area contributed by atoms with E-state index < -0.39 is 0 Å². The fraction of sp³-hybridized carbons (Fsp3) is 0. The maximum Gasteiger partial charge on any atom is 0.156 e. The van der Waals surface area contributed by atoms with Gasteiger partial charge in [-0.25, -0.2) is 0 Å². The van der Waals surface area contributed by atoms with Crippen molar-refractivity contribution in [3.8, 4) is 11.8 Å². The van der Waals surface area contributed by atoms with E-state index in [-0.39, 0.29) is 17.0 Å². The summed E-state index contributed by atoms with van der Waals surface area (Å²) in [5.41, 5.74) is 5.52. The minimum Gasteiger partial charge on any atom is -0.504 e. The van der Waals surface area contributed by atoms with Gasteiger partial charge in [0, 0.05) is 5.02 Å². The molecule has 0 amide bonds. The molecule has 11 heavy (non-hydrogen) atoms. The summed E-state index contributed by atoms with van der Waals surface area (Å²) in [7, 11) is 0. The first-order chi connectivity index (χ1) is 5.15. The molecule has 1 rings (SSSR count). The van der Waals surface area contributed by atoms with Gasteiger partial charge in [-0.3, -0.25) is 0 Å². The van der Waals surface area contributed by atoms with Crippen LogP contribution in [0.15, 0.2) is 12.1 Å². The van der Waals surface area contributed by atoms with Gasteiger partial charge in [-0.1, -0.05) is 11.6 Å². The lowest BCUT2D eigenvalue weighted by atomic mass is 10.2. The standard InChI is InChI=1S/C7H5ClN2O/c8-5-1-4(3-9)7(11)6(10)2-5/h1-2,11H,10H2. The van der Waals surface area contributed by atoms with E-state index in [9.17, 15) is 0 Å². The van der Waals surface area contributed by atoms with Crippen LogP contribution in [0.2, 0.25) is 5.02 Å². The van der Waals surface area contributed by atoms with Crippen LogP contribution in [0.4, 0.5) is 5.69 Å². The Labute approximate surface area is 68.6 Å². The molecule has 0 aliphatic rings. The lowest BCUT2D eigenvalue weighted by molar-refractivity contribution is 0.476. The van der Waals surface area contributed by atoms with Gasteiger partial charge in [0.2, 0.25) is 0 Å². The van der Waals surface area contributed by atoms with Crippen LogP contribution in [0.5, 0.6) is 5.75 Å². The largest absolute Gasteiger partial charge is 0.504 e. The number of phenolic OH excluding ortho intramolecular Hbond substituents is 1. The quantitative estimate of drug-likeness (QED) is 0.456. The Morgan fingerprint density at radius 3 is 2.73 bits per heavy atom. The number of anilines is 1. The number of nitriles is 1. The van der Waals surface area contributed by atoms with Crippen LogP contribution in [-0.2, 0) is 0 Å². The van der Waals surface area contributed by atoms with Crippen molar-refractivity contribution in [2.75, 3.05) is 5.73 Å². The summed E-state index contributed by atoms with van der Waals surface area (Å²) >= 11 is 5.56. The maximum atomic E-state index is 9.12. The van der Waals surface area contributed by atoms with Crippen molar-refractivity contribution < 1.29 is 5.11 Å². The van der Waals surface area contributed by atoms with Crippen molar-refractivity contribution in [3.63, 3.8) is 0 Å². The molecular formula is C7H5ClN2O. The normalized spacial score (nSPS) is 9.09. The lowest BCUT2D eigenvalue weighted by Crippen LogP contribution is -1.87. The molecule has 0 aromatic heterocycles. The summed E-state index contributed by atoms with van der Waals surface area (Å²) in [4.78, 5) is 0. The monoisotopic (exact) mass is 168 g/mol. The fourth-order valence-corrected chi connectivity index (χ4v) is 0.932. The van der Waals surface area contributed by atoms with Crippen LogP contribution in [0.1, 0.15) is 5.56 Å². The molecule has 1 aromatic rings. The number of rotatable bonds is 0.